The Morgan fingerprint density at radius 1 is 1.21 bits per heavy atom. The van der Waals surface area contributed by atoms with E-state index in [0.717, 1.165) is 11.1 Å². The van der Waals surface area contributed by atoms with Gasteiger partial charge >= 0.3 is 0 Å². The monoisotopic (exact) mass is 393 g/mol. The van der Waals surface area contributed by atoms with Gasteiger partial charge in [0.25, 0.3) is 5.91 Å². The summed E-state index contributed by atoms with van der Waals surface area (Å²) in [6.07, 6.45) is -0.634. The zero-order valence-corrected chi connectivity index (χ0v) is 17.2. The number of hydrogen-bond donors (Lipinski definition) is 3. The number of nitrogens with two attached hydrogens (primary N) is 1. The van der Waals surface area contributed by atoms with Gasteiger partial charge in [0.2, 0.25) is 0 Å². The minimum absolute atomic E-state index is 0.0146. The molecule has 2 aromatic carbocycles. The number of nitrogens with one attached hydrogen (secondary N) is 2. The second-order valence-corrected chi connectivity index (χ2v) is 7.91. The molecule has 1 atom stereocenters. The van der Waals surface area contributed by atoms with E-state index in [-0.39, 0.29) is 11.3 Å². The van der Waals surface area contributed by atoms with E-state index in [4.69, 9.17) is 10.5 Å². The first-order chi connectivity index (χ1) is 13.8. The van der Waals surface area contributed by atoms with E-state index >= 15 is 0 Å². The van der Waals surface area contributed by atoms with Crippen molar-refractivity contribution in [2.75, 3.05) is 5.32 Å². The Kier molecular flexibility index (Phi) is 5.98. The molecule has 0 fully saturated rings. The van der Waals surface area contributed by atoms with Crippen LogP contribution in [0.5, 0.6) is 5.75 Å². The highest BCUT2D eigenvalue weighted by atomic mass is 16.5. The number of amides is 1. The minimum atomic E-state index is -0.634. The van der Waals surface area contributed by atoms with Gasteiger partial charge in [-0.3, -0.25) is 9.89 Å². The summed E-state index contributed by atoms with van der Waals surface area (Å²) in [5.41, 5.74) is 8.22. The van der Waals surface area contributed by atoms with Gasteiger partial charge in [-0.15, -0.1) is 0 Å². The van der Waals surface area contributed by atoms with Crippen LogP contribution >= 0.6 is 0 Å². The molecule has 1 heterocycles. The van der Waals surface area contributed by atoms with Crippen LogP contribution in [-0.4, -0.2) is 27.2 Å². The van der Waals surface area contributed by atoms with Crippen LogP contribution in [0.2, 0.25) is 0 Å². The molecule has 1 unspecified atom stereocenters. The van der Waals surface area contributed by atoms with E-state index < -0.39 is 6.10 Å². The van der Waals surface area contributed by atoms with Crippen molar-refractivity contribution in [1.29, 1.82) is 0 Å². The van der Waals surface area contributed by atoms with Gasteiger partial charge < -0.3 is 15.8 Å². The quantitative estimate of drug-likeness (QED) is 0.593. The summed E-state index contributed by atoms with van der Waals surface area (Å²) in [5, 5.41) is 9.77. The average Bonchev–Trinajstić information content (AvgIpc) is 3.17. The Morgan fingerprint density at radius 3 is 2.55 bits per heavy atom. The molecule has 0 aliphatic carbocycles. The molecule has 3 aromatic rings. The second-order valence-electron chi connectivity index (χ2n) is 7.91. The fourth-order valence-electron chi connectivity index (χ4n) is 2.76. The first-order valence-electron chi connectivity index (χ1n) is 9.56. The molecule has 0 radical (unpaired) electrons. The Bertz CT molecular complexity index is 973. The van der Waals surface area contributed by atoms with Crippen molar-refractivity contribution >= 4 is 11.6 Å². The highest BCUT2D eigenvalue weighted by Gasteiger charge is 2.18. The third-order valence-corrected chi connectivity index (χ3v) is 4.52. The number of carbonyl (C=O) groups excluding carboxylic acids is 1. The fourth-order valence-corrected chi connectivity index (χ4v) is 2.76. The van der Waals surface area contributed by atoms with Crippen molar-refractivity contribution in [3.63, 3.8) is 0 Å². The molecule has 4 N–H and O–H groups in total. The largest absolute Gasteiger partial charge is 0.481 e. The number of ether oxygens (including phenoxy) is 1. The summed E-state index contributed by atoms with van der Waals surface area (Å²) in [4.78, 5) is 16.8. The van der Waals surface area contributed by atoms with Gasteiger partial charge in [-0.1, -0.05) is 32.9 Å². The first-order valence-corrected chi connectivity index (χ1v) is 9.56. The Hall–Kier alpha value is -3.19. The molecule has 0 bridgehead atoms. The summed E-state index contributed by atoms with van der Waals surface area (Å²) in [5.74, 6) is 1.65. The zero-order valence-electron chi connectivity index (χ0n) is 17.2. The van der Waals surface area contributed by atoms with Crippen LogP contribution in [-0.2, 0) is 16.8 Å². The summed E-state index contributed by atoms with van der Waals surface area (Å²) in [7, 11) is 0. The van der Waals surface area contributed by atoms with E-state index in [0.29, 0.717) is 29.6 Å². The number of benzene rings is 2. The van der Waals surface area contributed by atoms with Gasteiger partial charge in [0.1, 0.15) is 11.6 Å². The van der Waals surface area contributed by atoms with Crippen LogP contribution < -0.4 is 15.8 Å². The summed E-state index contributed by atoms with van der Waals surface area (Å²) >= 11 is 0. The van der Waals surface area contributed by atoms with E-state index in [1.165, 1.54) is 0 Å². The molecule has 3 rings (SSSR count). The van der Waals surface area contributed by atoms with E-state index in [2.05, 4.69) is 47.3 Å². The SMILES string of the molecule is CC(Oc1cccc(C(C)(C)C)c1)C(=O)Nc1ccc(-c2n[nH]c(CN)n2)cc1. The van der Waals surface area contributed by atoms with E-state index in [1.54, 1.807) is 19.1 Å². The van der Waals surface area contributed by atoms with Gasteiger partial charge in [-0.25, -0.2) is 4.98 Å². The van der Waals surface area contributed by atoms with Gasteiger partial charge in [0.05, 0.1) is 6.54 Å². The van der Waals surface area contributed by atoms with Crippen molar-refractivity contribution in [2.24, 2.45) is 5.73 Å². The Morgan fingerprint density at radius 2 is 1.93 bits per heavy atom. The average molecular weight is 393 g/mol. The number of aromatic nitrogens is 3. The number of hydrogen-bond acceptors (Lipinski definition) is 5. The molecule has 7 nitrogen and oxygen atoms in total. The number of aromatic amines is 1. The minimum Gasteiger partial charge on any atom is -0.481 e. The number of carbonyl (C=O) groups is 1. The zero-order chi connectivity index (χ0) is 21.0. The molecule has 0 spiro atoms. The molecule has 7 heteroatoms. The molecular formula is C22H27N5O2. The van der Waals surface area contributed by atoms with Gasteiger partial charge in [0.15, 0.2) is 11.9 Å². The van der Waals surface area contributed by atoms with Crippen molar-refractivity contribution in [2.45, 2.75) is 45.8 Å². The maximum absolute atomic E-state index is 12.5. The van der Waals surface area contributed by atoms with E-state index in [1.807, 2.05) is 30.3 Å². The predicted octanol–water partition coefficient (Wildman–Crippen LogP) is 3.63. The molecule has 152 valence electrons. The van der Waals surface area contributed by atoms with Gasteiger partial charge in [-0.2, -0.15) is 5.10 Å². The molecule has 0 saturated carbocycles. The number of H-pyrrole nitrogens is 1. The number of nitrogens with zero attached hydrogens (tertiary/aromatic N) is 2. The highest BCUT2D eigenvalue weighted by Crippen LogP contribution is 2.26. The molecule has 1 aromatic heterocycles. The van der Waals surface area contributed by atoms with Crippen molar-refractivity contribution < 1.29 is 9.53 Å². The molecule has 0 aliphatic heterocycles. The standard InChI is InChI=1S/C22H27N5O2/c1-14(29-18-7-5-6-16(12-18)22(2,3)4)21(28)24-17-10-8-15(9-11-17)20-25-19(13-23)26-27-20/h5-12,14H,13,23H2,1-4H3,(H,24,28)(H,25,26,27). The Balaban J connectivity index is 1.62. The molecule has 1 amide bonds. The molecule has 0 saturated heterocycles. The lowest BCUT2D eigenvalue weighted by Crippen LogP contribution is -2.30. The third kappa shape index (κ3) is 5.20. The third-order valence-electron chi connectivity index (χ3n) is 4.52. The summed E-state index contributed by atoms with van der Waals surface area (Å²) < 4.78 is 5.84. The first kappa shape index (κ1) is 20.5. The van der Waals surface area contributed by atoms with Crippen molar-refractivity contribution in [1.82, 2.24) is 15.2 Å². The predicted molar refractivity (Wildman–Crippen MR) is 114 cm³/mol. The van der Waals surface area contributed by atoms with Crippen LogP contribution in [0.4, 0.5) is 5.69 Å². The highest BCUT2D eigenvalue weighted by molar-refractivity contribution is 5.94. The summed E-state index contributed by atoms with van der Waals surface area (Å²) in [6, 6.07) is 15.1. The van der Waals surface area contributed by atoms with Crippen molar-refractivity contribution in [3.8, 4) is 17.1 Å². The smallest absolute Gasteiger partial charge is 0.265 e. The summed E-state index contributed by atoms with van der Waals surface area (Å²) in [6.45, 7) is 8.46. The lowest BCUT2D eigenvalue weighted by atomic mass is 9.87. The maximum atomic E-state index is 12.5. The second kappa shape index (κ2) is 8.45. The molecular weight excluding hydrogens is 366 g/mol. The molecule has 29 heavy (non-hydrogen) atoms. The lowest BCUT2D eigenvalue weighted by Gasteiger charge is -2.21. The van der Waals surface area contributed by atoms with E-state index in [9.17, 15) is 4.79 Å². The van der Waals surface area contributed by atoms with Gasteiger partial charge in [0, 0.05) is 11.3 Å². The molecule has 0 aliphatic rings. The van der Waals surface area contributed by atoms with Crippen LogP contribution in [0.15, 0.2) is 48.5 Å². The lowest BCUT2D eigenvalue weighted by molar-refractivity contribution is -0.122. The van der Waals surface area contributed by atoms with Crippen LogP contribution in [0.3, 0.4) is 0 Å². The Labute approximate surface area is 170 Å². The van der Waals surface area contributed by atoms with Crippen LogP contribution in [0, 0.1) is 0 Å². The van der Waals surface area contributed by atoms with Crippen LogP contribution in [0.25, 0.3) is 11.4 Å². The maximum Gasteiger partial charge on any atom is 0.265 e. The fraction of sp³-hybridized carbons (Fsp3) is 0.318. The van der Waals surface area contributed by atoms with Gasteiger partial charge in [-0.05, 0) is 54.3 Å². The van der Waals surface area contributed by atoms with Crippen molar-refractivity contribution in [3.05, 3.63) is 59.9 Å². The number of rotatable bonds is 6. The normalized spacial score (nSPS) is 12.4. The number of anilines is 1. The van der Waals surface area contributed by atoms with Crippen LogP contribution in [0.1, 0.15) is 39.1 Å². The topological polar surface area (TPSA) is 106 Å².